The monoisotopic (exact) mass is 427 g/mol. The molecular formula is C22H22ClN3O4. The van der Waals surface area contributed by atoms with Gasteiger partial charge in [-0.15, -0.1) is 0 Å². The van der Waals surface area contributed by atoms with E-state index >= 15 is 0 Å². The van der Waals surface area contributed by atoms with Crippen molar-refractivity contribution in [2.45, 2.75) is 19.8 Å². The number of unbranched alkanes of at least 4 members (excludes halogenated alkanes) is 1. The minimum Gasteiger partial charge on any atom is -0.350 e. The van der Waals surface area contributed by atoms with E-state index < -0.39 is 5.91 Å². The van der Waals surface area contributed by atoms with Gasteiger partial charge >= 0.3 is 0 Å². The van der Waals surface area contributed by atoms with Crippen molar-refractivity contribution in [2.75, 3.05) is 19.6 Å². The van der Waals surface area contributed by atoms with E-state index in [0.717, 1.165) is 12.8 Å². The van der Waals surface area contributed by atoms with Crippen molar-refractivity contribution in [3.8, 4) is 0 Å². The molecule has 0 spiro atoms. The Kier molecular flexibility index (Phi) is 6.84. The lowest BCUT2D eigenvalue weighted by Gasteiger charge is -2.12. The number of rotatable bonds is 8. The highest BCUT2D eigenvalue weighted by Crippen LogP contribution is 2.24. The van der Waals surface area contributed by atoms with Gasteiger partial charge in [0.2, 0.25) is 0 Å². The second-order valence-electron chi connectivity index (χ2n) is 6.87. The van der Waals surface area contributed by atoms with Crippen LogP contribution >= 0.6 is 11.6 Å². The van der Waals surface area contributed by atoms with E-state index in [1.165, 1.54) is 23.1 Å². The number of nitrogens with zero attached hydrogens (tertiary/aromatic N) is 1. The van der Waals surface area contributed by atoms with E-state index in [2.05, 4.69) is 10.6 Å². The number of carbonyl (C=O) groups is 4. The fourth-order valence-corrected chi connectivity index (χ4v) is 3.37. The summed E-state index contributed by atoms with van der Waals surface area (Å²) in [7, 11) is 0. The molecule has 0 unspecified atom stereocenters. The number of hydrogen-bond donors (Lipinski definition) is 2. The molecule has 2 aromatic carbocycles. The van der Waals surface area contributed by atoms with Crippen LogP contribution in [0.3, 0.4) is 0 Å². The van der Waals surface area contributed by atoms with Crippen molar-refractivity contribution in [3.63, 3.8) is 0 Å². The summed E-state index contributed by atoms with van der Waals surface area (Å²) in [4.78, 5) is 50.6. The Balaban J connectivity index is 1.55. The van der Waals surface area contributed by atoms with Crippen LogP contribution in [-0.2, 0) is 0 Å². The van der Waals surface area contributed by atoms with Gasteiger partial charge in [-0.3, -0.25) is 24.1 Å². The van der Waals surface area contributed by atoms with Gasteiger partial charge in [-0.2, -0.15) is 0 Å². The first-order chi connectivity index (χ1) is 14.4. The summed E-state index contributed by atoms with van der Waals surface area (Å²) in [5.74, 6) is -1.41. The van der Waals surface area contributed by atoms with Crippen molar-refractivity contribution >= 4 is 35.2 Å². The number of amides is 4. The molecule has 2 aromatic rings. The molecule has 1 aliphatic heterocycles. The van der Waals surface area contributed by atoms with Crippen LogP contribution in [0.2, 0.25) is 5.02 Å². The molecule has 7 nitrogen and oxygen atoms in total. The van der Waals surface area contributed by atoms with Crippen LogP contribution in [0.4, 0.5) is 0 Å². The highest BCUT2D eigenvalue weighted by molar-refractivity contribution is 6.33. The molecular weight excluding hydrogens is 406 g/mol. The third kappa shape index (κ3) is 4.52. The number of imide groups is 1. The number of fused-ring (bicyclic) bond motifs is 1. The molecule has 3 rings (SSSR count). The molecule has 0 atom stereocenters. The average molecular weight is 428 g/mol. The number of halogens is 1. The average Bonchev–Trinajstić information content (AvgIpc) is 2.99. The first-order valence-corrected chi connectivity index (χ1v) is 10.1. The molecule has 2 N–H and O–H groups in total. The van der Waals surface area contributed by atoms with Gasteiger partial charge in [0, 0.05) is 25.2 Å². The summed E-state index contributed by atoms with van der Waals surface area (Å²) in [6.07, 6.45) is 1.60. The van der Waals surface area contributed by atoms with Crippen LogP contribution in [-0.4, -0.2) is 48.2 Å². The van der Waals surface area contributed by atoms with Crippen molar-refractivity contribution < 1.29 is 19.2 Å². The highest BCUT2D eigenvalue weighted by atomic mass is 35.5. The predicted molar refractivity (Wildman–Crippen MR) is 113 cm³/mol. The molecule has 0 aliphatic carbocycles. The fourth-order valence-electron chi connectivity index (χ4n) is 3.15. The Morgan fingerprint density at radius 1 is 0.933 bits per heavy atom. The third-order valence-electron chi connectivity index (χ3n) is 4.78. The molecule has 4 amide bonds. The van der Waals surface area contributed by atoms with E-state index in [4.69, 9.17) is 11.6 Å². The first kappa shape index (κ1) is 21.5. The van der Waals surface area contributed by atoms with Crippen LogP contribution in [0, 0.1) is 0 Å². The van der Waals surface area contributed by atoms with Gasteiger partial charge < -0.3 is 10.6 Å². The summed E-state index contributed by atoms with van der Waals surface area (Å²) in [5, 5.41) is 5.72. The lowest BCUT2D eigenvalue weighted by molar-refractivity contribution is 0.0651. The summed E-state index contributed by atoms with van der Waals surface area (Å²) in [6.45, 7) is 2.76. The fraction of sp³-hybridized carbons (Fsp3) is 0.273. The Morgan fingerprint density at radius 3 is 2.30 bits per heavy atom. The molecule has 0 radical (unpaired) electrons. The Bertz CT molecular complexity index is 1010. The molecule has 0 bridgehead atoms. The van der Waals surface area contributed by atoms with E-state index in [9.17, 15) is 19.2 Å². The SMILES string of the molecule is CCCCN1C(=O)c2ccc(C(=O)NCCNC(=O)c3ccccc3Cl)cc2C1=O. The summed E-state index contributed by atoms with van der Waals surface area (Å²) in [5.41, 5.74) is 1.21. The van der Waals surface area contributed by atoms with Gasteiger partial charge in [0.15, 0.2) is 0 Å². The molecule has 1 heterocycles. The van der Waals surface area contributed by atoms with E-state index in [-0.39, 0.29) is 41.9 Å². The lowest BCUT2D eigenvalue weighted by Crippen LogP contribution is -2.34. The highest BCUT2D eigenvalue weighted by Gasteiger charge is 2.35. The zero-order chi connectivity index (χ0) is 21.7. The molecule has 8 heteroatoms. The third-order valence-corrected chi connectivity index (χ3v) is 5.11. The van der Waals surface area contributed by atoms with E-state index in [1.54, 1.807) is 24.3 Å². The van der Waals surface area contributed by atoms with Gasteiger partial charge in [0.25, 0.3) is 23.6 Å². The van der Waals surface area contributed by atoms with Crippen LogP contribution in [0.1, 0.15) is 61.2 Å². The maximum Gasteiger partial charge on any atom is 0.261 e. The van der Waals surface area contributed by atoms with E-state index in [0.29, 0.717) is 22.7 Å². The van der Waals surface area contributed by atoms with Gasteiger partial charge in [-0.25, -0.2) is 0 Å². The molecule has 0 fully saturated rings. The Morgan fingerprint density at radius 2 is 1.60 bits per heavy atom. The maximum atomic E-state index is 12.5. The summed E-state index contributed by atoms with van der Waals surface area (Å²) in [6, 6.07) is 11.2. The summed E-state index contributed by atoms with van der Waals surface area (Å²) < 4.78 is 0. The second-order valence-corrected chi connectivity index (χ2v) is 7.27. The number of hydrogen-bond acceptors (Lipinski definition) is 4. The van der Waals surface area contributed by atoms with Crippen molar-refractivity contribution in [3.05, 3.63) is 69.7 Å². The zero-order valence-electron chi connectivity index (χ0n) is 16.5. The lowest BCUT2D eigenvalue weighted by atomic mass is 10.1. The molecule has 1 aliphatic rings. The topological polar surface area (TPSA) is 95.6 Å². The molecule has 30 heavy (non-hydrogen) atoms. The van der Waals surface area contributed by atoms with Crippen molar-refractivity contribution in [2.24, 2.45) is 0 Å². The Hall–Kier alpha value is -3.19. The van der Waals surface area contributed by atoms with Crippen LogP contribution in [0.15, 0.2) is 42.5 Å². The standard InChI is InChI=1S/C22H22ClN3O4/c1-2-3-12-26-21(29)15-9-8-14(13-17(15)22(26)30)19(27)24-10-11-25-20(28)16-6-4-5-7-18(16)23/h4-9,13H,2-3,10-12H2,1H3,(H,24,27)(H,25,28). The smallest absolute Gasteiger partial charge is 0.261 e. The Labute approximate surface area is 179 Å². The van der Waals surface area contributed by atoms with Crippen LogP contribution < -0.4 is 10.6 Å². The number of benzene rings is 2. The first-order valence-electron chi connectivity index (χ1n) is 9.75. The van der Waals surface area contributed by atoms with Crippen molar-refractivity contribution in [1.82, 2.24) is 15.5 Å². The molecule has 0 saturated carbocycles. The quantitative estimate of drug-likeness (QED) is 0.500. The number of nitrogens with one attached hydrogen (secondary N) is 2. The normalized spacial score (nSPS) is 12.7. The summed E-state index contributed by atoms with van der Waals surface area (Å²) >= 11 is 5.98. The van der Waals surface area contributed by atoms with Gasteiger partial charge in [0.05, 0.1) is 21.7 Å². The molecule has 0 saturated heterocycles. The largest absolute Gasteiger partial charge is 0.350 e. The van der Waals surface area contributed by atoms with Gasteiger partial charge in [-0.05, 0) is 36.8 Å². The minimum atomic E-state index is -0.392. The van der Waals surface area contributed by atoms with Gasteiger partial charge in [-0.1, -0.05) is 37.1 Å². The van der Waals surface area contributed by atoms with Crippen LogP contribution in [0.5, 0.6) is 0 Å². The maximum absolute atomic E-state index is 12.5. The number of carbonyl (C=O) groups excluding carboxylic acids is 4. The van der Waals surface area contributed by atoms with Crippen molar-refractivity contribution in [1.29, 1.82) is 0 Å². The molecule has 0 aromatic heterocycles. The molecule has 156 valence electrons. The predicted octanol–water partition coefficient (Wildman–Crippen LogP) is 2.90. The van der Waals surface area contributed by atoms with Gasteiger partial charge in [0.1, 0.15) is 0 Å². The minimum absolute atomic E-state index is 0.196. The van der Waals surface area contributed by atoms with Crippen LogP contribution in [0.25, 0.3) is 0 Å². The van der Waals surface area contributed by atoms with E-state index in [1.807, 2.05) is 6.92 Å². The second kappa shape index (κ2) is 9.54. The zero-order valence-corrected chi connectivity index (χ0v) is 17.3.